The summed E-state index contributed by atoms with van der Waals surface area (Å²) in [5.74, 6) is 1.76. The minimum atomic E-state index is -0.0844. The summed E-state index contributed by atoms with van der Waals surface area (Å²) in [5.41, 5.74) is 1.98. The van der Waals surface area contributed by atoms with Crippen LogP contribution in [0.3, 0.4) is 0 Å². The molecule has 0 radical (unpaired) electrons. The van der Waals surface area contributed by atoms with Crippen molar-refractivity contribution in [3.8, 4) is 0 Å². The zero-order chi connectivity index (χ0) is 18.4. The third kappa shape index (κ3) is 6.20. The maximum Gasteiger partial charge on any atom is 0.220 e. The van der Waals surface area contributed by atoms with Crippen LogP contribution in [0.1, 0.15) is 56.5 Å². The molecule has 0 aliphatic rings. The van der Waals surface area contributed by atoms with E-state index in [1.807, 2.05) is 31.2 Å². The van der Waals surface area contributed by atoms with Crippen molar-refractivity contribution in [3.05, 3.63) is 52.2 Å². The van der Waals surface area contributed by atoms with Crippen molar-refractivity contribution < 1.29 is 9.21 Å². The molecule has 25 heavy (non-hydrogen) atoms. The van der Waals surface area contributed by atoms with Gasteiger partial charge in [-0.05, 0) is 37.5 Å². The number of aryl methyl sites for hydroxylation is 3. The van der Waals surface area contributed by atoms with Crippen molar-refractivity contribution in [1.29, 1.82) is 0 Å². The number of amides is 1. The van der Waals surface area contributed by atoms with Gasteiger partial charge in [0.05, 0.1) is 5.69 Å². The number of nitrogens with zero attached hydrogens (tertiary/aromatic N) is 1. The number of halogens is 1. The van der Waals surface area contributed by atoms with Gasteiger partial charge in [0.15, 0.2) is 5.89 Å². The van der Waals surface area contributed by atoms with Crippen LogP contribution in [0.2, 0.25) is 5.02 Å². The van der Waals surface area contributed by atoms with E-state index in [4.69, 9.17) is 16.0 Å². The molecule has 0 atom stereocenters. The molecule has 1 N–H and O–H groups in total. The summed E-state index contributed by atoms with van der Waals surface area (Å²) >= 11 is 5.86. The Morgan fingerprint density at radius 1 is 1.20 bits per heavy atom. The highest BCUT2D eigenvalue weighted by Crippen LogP contribution is 2.24. The van der Waals surface area contributed by atoms with E-state index in [0.717, 1.165) is 42.2 Å². The van der Waals surface area contributed by atoms with Crippen molar-refractivity contribution in [2.75, 3.05) is 6.54 Å². The van der Waals surface area contributed by atoms with Gasteiger partial charge in [-0.1, -0.05) is 44.5 Å². The average Bonchev–Trinajstić information content (AvgIpc) is 2.92. The molecule has 0 saturated carbocycles. The first-order valence-corrected chi connectivity index (χ1v) is 9.11. The maximum atomic E-state index is 11.9. The molecule has 0 fully saturated rings. The van der Waals surface area contributed by atoms with E-state index in [1.54, 1.807) is 0 Å². The van der Waals surface area contributed by atoms with Crippen molar-refractivity contribution in [1.82, 2.24) is 10.3 Å². The zero-order valence-electron chi connectivity index (χ0n) is 15.5. The van der Waals surface area contributed by atoms with Gasteiger partial charge in [0.1, 0.15) is 5.76 Å². The fraction of sp³-hybridized carbons (Fsp3) is 0.500. The number of hydrogen-bond donors (Lipinski definition) is 1. The van der Waals surface area contributed by atoms with Gasteiger partial charge in [-0.3, -0.25) is 4.79 Å². The third-order valence-corrected chi connectivity index (χ3v) is 4.24. The van der Waals surface area contributed by atoms with E-state index in [0.29, 0.717) is 18.0 Å². The van der Waals surface area contributed by atoms with Crippen molar-refractivity contribution >= 4 is 17.5 Å². The van der Waals surface area contributed by atoms with Crippen LogP contribution < -0.4 is 5.32 Å². The van der Waals surface area contributed by atoms with E-state index in [1.165, 1.54) is 0 Å². The smallest absolute Gasteiger partial charge is 0.220 e. The quantitative estimate of drug-likeness (QED) is 0.731. The van der Waals surface area contributed by atoms with Crippen molar-refractivity contribution in [2.24, 2.45) is 0 Å². The van der Waals surface area contributed by atoms with Crippen LogP contribution in [-0.4, -0.2) is 17.4 Å². The first-order chi connectivity index (χ1) is 11.8. The molecular formula is C20H27ClN2O2. The molecule has 0 aliphatic heterocycles. The molecular weight excluding hydrogens is 336 g/mol. The number of nitrogens with one attached hydrogen (secondary N) is 1. The largest absolute Gasteiger partial charge is 0.445 e. The number of rotatable bonds is 7. The van der Waals surface area contributed by atoms with E-state index in [2.05, 4.69) is 31.1 Å². The molecule has 2 rings (SSSR count). The van der Waals surface area contributed by atoms with Crippen LogP contribution in [0.25, 0.3) is 0 Å². The predicted octanol–water partition coefficient (Wildman–Crippen LogP) is 4.62. The summed E-state index contributed by atoms with van der Waals surface area (Å²) < 4.78 is 5.87. The lowest BCUT2D eigenvalue weighted by atomic mass is 9.97. The normalized spacial score (nSPS) is 11.6. The van der Waals surface area contributed by atoms with Gasteiger partial charge in [0, 0.05) is 29.8 Å². The zero-order valence-corrected chi connectivity index (χ0v) is 16.2. The van der Waals surface area contributed by atoms with Crippen LogP contribution >= 0.6 is 11.6 Å². The van der Waals surface area contributed by atoms with E-state index in [-0.39, 0.29) is 11.3 Å². The van der Waals surface area contributed by atoms with Gasteiger partial charge in [-0.2, -0.15) is 0 Å². The maximum absolute atomic E-state index is 11.9. The second-order valence-electron chi connectivity index (χ2n) is 7.36. The van der Waals surface area contributed by atoms with Gasteiger partial charge in [0.2, 0.25) is 5.91 Å². The lowest BCUT2D eigenvalue weighted by Crippen LogP contribution is -2.25. The van der Waals surface area contributed by atoms with Gasteiger partial charge < -0.3 is 9.73 Å². The first kappa shape index (κ1) is 19.5. The number of carbonyl (C=O) groups is 1. The molecule has 0 saturated heterocycles. The minimum absolute atomic E-state index is 0.0691. The number of carbonyl (C=O) groups excluding carboxylic acids is 1. The monoisotopic (exact) mass is 362 g/mol. The number of oxazole rings is 1. The van der Waals surface area contributed by atoms with E-state index < -0.39 is 0 Å². The molecule has 1 amide bonds. The Morgan fingerprint density at radius 3 is 2.48 bits per heavy atom. The number of hydrogen-bond acceptors (Lipinski definition) is 3. The highest BCUT2D eigenvalue weighted by atomic mass is 35.5. The van der Waals surface area contributed by atoms with Gasteiger partial charge >= 0.3 is 0 Å². The summed E-state index contributed by atoms with van der Waals surface area (Å²) in [6.07, 6.45) is 2.83. The predicted molar refractivity (Wildman–Crippen MR) is 101 cm³/mol. The Hall–Kier alpha value is -1.81. The second-order valence-corrected chi connectivity index (χ2v) is 7.79. The van der Waals surface area contributed by atoms with Crippen molar-refractivity contribution in [2.45, 2.75) is 58.8 Å². The number of aromatic nitrogens is 1. The first-order valence-electron chi connectivity index (χ1n) is 8.73. The molecule has 2 aromatic rings. The highest BCUT2D eigenvalue weighted by molar-refractivity contribution is 6.30. The number of benzene rings is 1. The molecule has 0 spiro atoms. The highest BCUT2D eigenvalue weighted by Gasteiger charge is 2.21. The Balaban J connectivity index is 1.69. The molecule has 1 heterocycles. The Labute approximate surface area is 155 Å². The van der Waals surface area contributed by atoms with Crippen LogP contribution in [0, 0.1) is 6.92 Å². The minimum Gasteiger partial charge on any atom is -0.445 e. The second kappa shape index (κ2) is 8.52. The summed E-state index contributed by atoms with van der Waals surface area (Å²) in [6, 6.07) is 7.60. The summed E-state index contributed by atoms with van der Waals surface area (Å²) in [4.78, 5) is 16.4. The molecule has 0 aliphatic carbocycles. The Kier molecular flexibility index (Phi) is 6.65. The standard InChI is InChI=1S/C20H27ClN2O2/c1-14-17(25-19(23-14)20(2,3)4)6-5-13-22-18(24)12-9-15-7-10-16(21)11-8-15/h7-8,10-11H,5-6,9,12-13H2,1-4H3,(H,22,24). The van der Waals surface area contributed by atoms with Gasteiger partial charge in [0.25, 0.3) is 0 Å². The van der Waals surface area contributed by atoms with Gasteiger partial charge in [-0.25, -0.2) is 4.98 Å². The topological polar surface area (TPSA) is 55.1 Å². The SMILES string of the molecule is Cc1nc(C(C)(C)C)oc1CCCNC(=O)CCc1ccc(Cl)cc1. The molecule has 0 bridgehead atoms. The van der Waals surface area contributed by atoms with Crippen LogP contribution in [-0.2, 0) is 23.1 Å². The lowest BCUT2D eigenvalue weighted by molar-refractivity contribution is -0.121. The van der Waals surface area contributed by atoms with E-state index in [9.17, 15) is 4.79 Å². The Morgan fingerprint density at radius 2 is 1.88 bits per heavy atom. The van der Waals surface area contributed by atoms with Crippen molar-refractivity contribution in [3.63, 3.8) is 0 Å². The molecule has 4 nitrogen and oxygen atoms in total. The lowest BCUT2D eigenvalue weighted by Gasteiger charge is -2.12. The van der Waals surface area contributed by atoms with Gasteiger partial charge in [-0.15, -0.1) is 0 Å². The molecule has 1 aromatic heterocycles. The van der Waals surface area contributed by atoms with Crippen LogP contribution in [0.5, 0.6) is 0 Å². The molecule has 5 heteroatoms. The molecule has 136 valence electrons. The fourth-order valence-corrected chi connectivity index (χ4v) is 2.58. The third-order valence-electron chi connectivity index (χ3n) is 3.99. The van der Waals surface area contributed by atoms with Crippen LogP contribution in [0.4, 0.5) is 0 Å². The average molecular weight is 363 g/mol. The fourth-order valence-electron chi connectivity index (χ4n) is 2.45. The summed E-state index contributed by atoms with van der Waals surface area (Å²) in [5, 5.41) is 3.68. The summed E-state index contributed by atoms with van der Waals surface area (Å²) in [6.45, 7) is 8.87. The summed E-state index contributed by atoms with van der Waals surface area (Å²) in [7, 11) is 0. The molecule has 0 unspecified atom stereocenters. The van der Waals surface area contributed by atoms with E-state index >= 15 is 0 Å². The molecule has 1 aromatic carbocycles. The van der Waals surface area contributed by atoms with Crippen LogP contribution in [0.15, 0.2) is 28.7 Å². The Bertz CT molecular complexity index is 699.